The summed E-state index contributed by atoms with van der Waals surface area (Å²) in [5.74, 6) is -1.77. The molecule has 0 saturated carbocycles. The highest BCUT2D eigenvalue weighted by atomic mass is 16.5. The number of aliphatic hydroxyl groups excluding tert-OH is 1. The molecule has 0 aromatic carbocycles. The molecule has 1 aliphatic carbocycles. The van der Waals surface area contributed by atoms with E-state index in [0.29, 0.717) is 12.8 Å². The van der Waals surface area contributed by atoms with Crippen LogP contribution in [0.3, 0.4) is 0 Å². The van der Waals surface area contributed by atoms with Crippen molar-refractivity contribution in [1.82, 2.24) is 0 Å². The van der Waals surface area contributed by atoms with Crippen molar-refractivity contribution in [2.24, 2.45) is 5.92 Å². The Morgan fingerprint density at radius 1 is 1.38 bits per heavy atom. The van der Waals surface area contributed by atoms with Crippen molar-refractivity contribution in [2.75, 3.05) is 7.11 Å². The summed E-state index contributed by atoms with van der Waals surface area (Å²) in [7, 11) is 1.18. The van der Waals surface area contributed by atoms with Crippen LogP contribution >= 0.6 is 0 Å². The molecular formula is C9H12O4. The van der Waals surface area contributed by atoms with Crippen molar-refractivity contribution >= 4 is 11.8 Å². The molecule has 0 amide bonds. The SMILES string of the molecule is COC(=O)C(=O)C1C=CC(O)CC1. The first-order valence-electron chi connectivity index (χ1n) is 4.13. The minimum absolute atomic E-state index is 0.421. The van der Waals surface area contributed by atoms with E-state index in [4.69, 9.17) is 5.11 Å². The van der Waals surface area contributed by atoms with Gasteiger partial charge in [0, 0.05) is 5.92 Å². The van der Waals surface area contributed by atoms with E-state index < -0.39 is 23.8 Å². The summed E-state index contributed by atoms with van der Waals surface area (Å²) < 4.78 is 4.31. The number of aliphatic hydroxyl groups is 1. The number of methoxy groups -OCH3 is 1. The molecular weight excluding hydrogens is 172 g/mol. The summed E-state index contributed by atoms with van der Waals surface area (Å²) in [4.78, 5) is 22.1. The van der Waals surface area contributed by atoms with Crippen LogP contribution in [-0.2, 0) is 14.3 Å². The van der Waals surface area contributed by atoms with Crippen LogP contribution in [0.1, 0.15) is 12.8 Å². The molecule has 2 atom stereocenters. The normalized spacial score (nSPS) is 26.9. The van der Waals surface area contributed by atoms with E-state index >= 15 is 0 Å². The molecule has 1 N–H and O–H groups in total. The van der Waals surface area contributed by atoms with Gasteiger partial charge in [-0.1, -0.05) is 12.2 Å². The molecule has 0 heterocycles. The van der Waals surface area contributed by atoms with Gasteiger partial charge in [0.1, 0.15) is 0 Å². The van der Waals surface area contributed by atoms with Crippen LogP contribution in [0.4, 0.5) is 0 Å². The van der Waals surface area contributed by atoms with Crippen LogP contribution in [0.5, 0.6) is 0 Å². The van der Waals surface area contributed by atoms with Gasteiger partial charge in [0.05, 0.1) is 13.2 Å². The third-order valence-electron chi connectivity index (χ3n) is 2.06. The van der Waals surface area contributed by atoms with Gasteiger partial charge in [0.15, 0.2) is 0 Å². The first-order chi connectivity index (χ1) is 6.15. The maximum absolute atomic E-state index is 11.2. The fourth-order valence-corrected chi connectivity index (χ4v) is 1.28. The highest BCUT2D eigenvalue weighted by molar-refractivity contribution is 6.34. The molecule has 0 saturated heterocycles. The maximum atomic E-state index is 11.2. The molecule has 0 fully saturated rings. The minimum Gasteiger partial charge on any atom is -0.463 e. The summed E-state index contributed by atoms with van der Waals surface area (Å²) in [6.45, 7) is 0. The summed E-state index contributed by atoms with van der Waals surface area (Å²) in [5, 5.41) is 9.09. The van der Waals surface area contributed by atoms with Gasteiger partial charge >= 0.3 is 5.97 Å². The lowest BCUT2D eigenvalue weighted by atomic mass is 9.91. The topological polar surface area (TPSA) is 63.6 Å². The molecule has 72 valence electrons. The number of carbonyl (C=O) groups excluding carboxylic acids is 2. The smallest absolute Gasteiger partial charge is 0.374 e. The first kappa shape index (κ1) is 9.92. The van der Waals surface area contributed by atoms with E-state index in [-0.39, 0.29) is 0 Å². The van der Waals surface area contributed by atoms with Crippen LogP contribution in [0, 0.1) is 5.92 Å². The van der Waals surface area contributed by atoms with E-state index in [1.54, 1.807) is 6.08 Å². The number of carbonyl (C=O) groups is 2. The summed E-state index contributed by atoms with van der Waals surface area (Å²) in [5.41, 5.74) is 0. The Morgan fingerprint density at radius 3 is 2.54 bits per heavy atom. The van der Waals surface area contributed by atoms with Gasteiger partial charge in [-0.15, -0.1) is 0 Å². The van der Waals surface area contributed by atoms with Gasteiger partial charge in [-0.25, -0.2) is 4.79 Å². The molecule has 0 aliphatic heterocycles. The van der Waals surface area contributed by atoms with Gasteiger partial charge in [-0.05, 0) is 12.8 Å². The number of Topliss-reactive ketones (excluding diaryl/α,β-unsaturated/α-hetero) is 1. The fraction of sp³-hybridized carbons (Fsp3) is 0.556. The number of ether oxygens (including phenoxy) is 1. The van der Waals surface area contributed by atoms with Crippen molar-refractivity contribution in [3.05, 3.63) is 12.2 Å². The Morgan fingerprint density at radius 2 is 2.08 bits per heavy atom. The molecule has 0 bridgehead atoms. The predicted octanol–water partition coefficient (Wildman–Crippen LogP) is 0.0556. The van der Waals surface area contributed by atoms with E-state index in [9.17, 15) is 9.59 Å². The lowest BCUT2D eigenvalue weighted by Crippen LogP contribution is -2.26. The van der Waals surface area contributed by atoms with Crippen LogP contribution in [0.2, 0.25) is 0 Å². The second kappa shape index (κ2) is 4.18. The van der Waals surface area contributed by atoms with Crippen molar-refractivity contribution < 1.29 is 19.4 Å². The van der Waals surface area contributed by atoms with Crippen molar-refractivity contribution in [3.8, 4) is 0 Å². The fourth-order valence-electron chi connectivity index (χ4n) is 1.28. The first-order valence-corrected chi connectivity index (χ1v) is 4.13. The van der Waals surface area contributed by atoms with Crippen molar-refractivity contribution in [2.45, 2.75) is 18.9 Å². The average Bonchev–Trinajstić information content (AvgIpc) is 2.17. The molecule has 2 unspecified atom stereocenters. The van der Waals surface area contributed by atoms with E-state index in [1.807, 2.05) is 0 Å². The minimum atomic E-state index is -0.814. The number of hydrogen-bond acceptors (Lipinski definition) is 4. The summed E-state index contributed by atoms with van der Waals surface area (Å²) >= 11 is 0. The van der Waals surface area contributed by atoms with Crippen LogP contribution in [0.25, 0.3) is 0 Å². The number of hydrogen-bond donors (Lipinski definition) is 1. The molecule has 0 aromatic rings. The van der Waals surface area contributed by atoms with Crippen molar-refractivity contribution in [3.63, 3.8) is 0 Å². The summed E-state index contributed by atoms with van der Waals surface area (Å²) in [6, 6.07) is 0. The predicted molar refractivity (Wildman–Crippen MR) is 44.9 cm³/mol. The maximum Gasteiger partial charge on any atom is 0.374 e. The molecule has 13 heavy (non-hydrogen) atoms. The molecule has 0 aromatic heterocycles. The zero-order valence-corrected chi connectivity index (χ0v) is 7.40. The molecule has 4 heteroatoms. The van der Waals surface area contributed by atoms with Crippen LogP contribution in [-0.4, -0.2) is 30.1 Å². The molecule has 0 radical (unpaired) electrons. The van der Waals surface area contributed by atoms with Gasteiger partial charge in [-0.2, -0.15) is 0 Å². The highest BCUT2D eigenvalue weighted by Gasteiger charge is 2.26. The van der Waals surface area contributed by atoms with Gasteiger partial charge in [0.2, 0.25) is 5.78 Å². The quantitative estimate of drug-likeness (QED) is 0.374. The molecule has 4 nitrogen and oxygen atoms in total. The number of rotatable bonds is 2. The van der Waals surface area contributed by atoms with E-state index in [1.165, 1.54) is 13.2 Å². The van der Waals surface area contributed by atoms with Gasteiger partial charge < -0.3 is 9.84 Å². The second-order valence-corrected chi connectivity index (χ2v) is 2.99. The molecule has 1 aliphatic rings. The van der Waals surface area contributed by atoms with Gasteiger partial charge in [-0.3, -0.25) is 4.79 Å². The summed E-state index contributed by atoms with van der Waals surface area (Å²) in [6.07, 6.45) is 3.64. The average molecular weight is 184 g/mol. The third kappa shape index (κ3) is 2.39. The number of ketones is 1. The number of allylic oxidation sites excluding steroid dienone is 1. The number of esters is 1. The Bertz CT molecular complexity index is 244. The highest BCUT2D eigenvalue weighted by Crippen LogP contribution is 2.18. The largest absolute Gasteiger partial charge is 0.463 e. The lowest BCUT2D eigenvalue weighted by molar-refractivity contribution is -0.153. The zero-order chi connectivity index (χ0) is 9.84. The standard InChI is InChI=1S/C9H12O4/c1-13-9(12)8(11)6-2-4-7(10)5-3-6/h2,4,6-7,10H,3,5H2,1H3. The van der Waals surface area contributed by atoms with Gasteiger partial charge in [0.25, 0.3) is 0 Å². The lowest BCUT2D eigenvalue weighted by Gasteiger charge is -2.16. The Hall–Kier alpha value is -1.16. The van der Waals surface area contributed by atoms with Crippen LogP contribution < -0.4 is 0 Å². The third-order valence-corrected chi connectivity index (χ3v) is 2.06. The molecule has 0 spiro atoms. The van der Waals surface area contributed by atoms with Crippen LogP contribution in [0.15, 0.2) is 12.2 Å². The Kier molecular flexibility index (Phi) is 3.19. The van der Waals surface area contributed by atoms with E-state index in [2.05, 4.69) is 4.74 Å². The zero-order valence-electron chi connectivity index (χ0n) is 7.40. The Labute approximate surface area is 76.2 Å². The second-order valence-electron chi connectivity index (χ2n) is 2.99. The van der Waals surface area contributed by atoms with Crippen molar-refractivity contribution in [1.29, 1.82) is 0 Å². The monoisotopic (exact) mass is 184 g/mol. The Balaban J connectivity index is 2.59. The van der Waals surface area contributed by atoms with E-state index in [0.717, 1.165) is 0 Å². The molecule has 1 rings (SSSR count).